The van der Waals surface area contributed by atoms with Crippen molar-refractivity contribution in [1.29, 1.82) is 0 Å². The molecule has 0 aromatic carbocycles. The minimum atomic E-state index is -0.251. The molecule has 17 heavy (non-hydrogen) atoms. The van der Waals surface area contributed by atoms with Crippen LogP contribution in [-0.4, -0.2) is 27.8 Å². The van der Waals surface area contributed by atoms with Crippen LogP contribution in [0.15, 0.2) is 12.4 Å². The van der Waals surface area contributed by atoms with Gasteiger partial charge < -0.3 is 10.6 Å². The molecule has 0 saturated carbocycles. The lowest BCUT2D eigenvalue weighted by molar-refractivity contribution is -0.122. The normalized spacial score (nSPS) is 14.1. The molecule has 2 atom stereocenters. The molecule has 0 saturated heterocycles. The molecule has 0 fully saturated rings. The topological polar surface area (TPSA) is 59.0 Å². The van der Waals surface area contributed by atoms with Crippen molar-refractivity contribution >= 4 is 11.6 Å². The van der Waals surface area contributed by atoms with Crippen LogP contribution in [0.4, 0.5) is 5.69 Å². The van der Waals surface area contributed by atoms with Crippen LogP contribution in [-0.2, 0) is 11.8 Å². The van der Waals surface area contributed by atoms with Crippen molar-refractivity contribution in [2.45, 2.75) is 45.7 Å². The maximum Gasteiger partial charge on any atom is 0.242 e. The summed E-state index contributed by atoms with van der Waals surface area (Å²) in [6.45, 7) is 5.99. The number of rotatable bonds is 6. The Balaban J connectivity index is 2.41. The average molecular weight is 238 g/mol. The highest BCUT2D eigenvalue weighted by Gasteiger charge is 2.14. The largest absolute Gasteiger partial charge is 0.371 e. The van der Waals surface area contributed by atoms with Gasteiger partial charge in [-0.05, 0) is 20.3 Å². The van der Waals surface area contributed by atoms with E-state index in [1.807, 2.05) is 27.1 Å². The Hall–Kier alpha value is -1.52. The van der Waals surface area contributed by atoms with E-state index in [0.717, 1.165) is 18.5 Å². The minimum Gasteiger partial charge on any atom is -0.371 e. The zero-order valence-electron chi connectivity index (χ0n) is 11.0. The second kappa shape index (κ2) is 6.27. The number of hydrogen-bond acceptors (Lipinski definition) is 3. The summed E-state index contributed by atoms with van der Waals surface area (Å²) < 4.78 is 1.70. The third-order valence-corrected chi connectivity index (χ3v) is 2.59. The van der Waals surface area contributed by atoms with Gasteiger partial charge in [-0.3, -0.25) is 9.48 Å². The van der Waals surface area contributed by atoms with Crippen molar-refractivity contribution in [1.82, 2.24) is 15.1 Å². The molecule has 1 aromatic heterocycles. The highest BCUT2D eigenvalue weighted by Crippen LogP contribution is 2.06. The van der Waals surface area contributed by atoms with Crippen molar-refractivity contribution < 1.29 is 4.79 Å². The maximum absolute atomic E-state index is 11.8. The van der Waals surface area contributed by atoms with Crippen molar-refractivity contribution in [3.63, 3.8) is 0 Å². The van der Waals surface area contributed by atoms with Crippen molar-refractivity contribution in [3.05, 3.63) is 12.4 Å². The van der Waals surface area contributed by atoms with Crippen molar-refractivity contribution in [2.24, 2.45) is 7.05 Å². The van der Waals surface area contributed by atoms with Crippen LogP contribution in [0.1, 0.15) is 33.6 Å². The molecule has 2 unspecified atom stereocenters. The fourth-order valence-electron chi connectivity index (χ4n) is 1.68. The highest BCUT2D eigenvalue weighted by atomic mass is 16.2. The Morgan fingerprint density at radius 1 is 1.53 bits per heavy atom. The van der Waals surface area contributed by atoms with E-state index >= 15 is 0 Å². The number of nitrogens with one attached hydrogen (secondary N) is 2. The summed E-state index contributed by atoms with van der Waals surface area (Å²) in [7, 11) is 1.85. The Morgan fingerprint density at radius 2 is 2.24 bits per heavy atom. The molecule has 5 heteroatoms. The van der Waals surface area contributed by atoms with Crippen molar-refractivity contribution in [3.8, 4) is 0 Å². The second-order valence-corrected chi connectivity index (χ2v) is 4.47. The molecule has 1 rings (SSSR count). The van der Waals surface area contributed by atoms with Crippen molar-refractivity contribution in [2.75, 3.05) is 5.32 Å². The number of hydrogen-bond donors (Lipinski definition) is 2. The quantitative estimate of drug-likeness (QED) is 0.790. The van der Waals surface area contributed by atoms with Gasteiger partial charge >= 0.3 is 0 Å². The molecule has 0 aliphatic carbocycles. The monoisotopic (exact) mass is 238 g/mol. The molecule has 0 bridgehead atoms. The van der Waals surface area contributed by atoms with Gasteiger partial charge in [0.1, 0.15) is 6.04 Å². The average Bonchev–Trinajstić information content (AvgIpc) is 2.64. The fourth-order valence-corrected chi connectivity index (χ4v) is 1.68. The van der Waals surface area contributed by atoms with E-state index in [2.05, 4.69) is 22.7 Å². The van der Waals surface area contributed by atoms with Gasteiger partial charge in [0.25, 0.3) is 0 Å². The van der Waals surface area contributed by atoms with Gasteiger partial charge in [0.15, 0.2) is 0 Å². The van der Waals surface area contributed by atoms with Crippen LogP contribution in [0.2, 0.25) is 0 Å². The summed E-state index contributed by atoms with van der Waals surface area (Å²) in [6.07, 6.45) is 5.63. The summed E-state index contributed by atoms with van der Waals surface area (Å²) in [5.74, 6) is 0.0230. The Morgan fingerprint density at radius 3 is 2.76 bits per heavy atom. The number of carbonyl (C=O) groups excluding carboxylic acids is 1. The van der Waals surface area contributed by atoms with Crippen LogP contribution in [0.25, 0.3) is 0 Å². The fraction of sp³-hybridized carbons (Fsp3) is 0.667. The molecular formula is C12H22N4O. The number of amides is 1. The van der Waals surface area contributed by atoms with E-state index in [-0.39, 0.29) is 18.0 Å². The molecule has 96 valence electrons. The third-order valence-electron chi connectivity index (χ3n) is 2.59. The van der Waals surface area contributed by atoms with Crippen LogP contribution >= 0.6 is 0 Å². The van der Waals surface area contributed by atoms with Gasteiger partial charge in [-0.25, -0.2) is 0 Å². The molecule has 2 N–H and O–H groups in total. The molecular weight excluding hydrogens is 216 g/mol. The maximum atomic E-state index is 11.8. The summed E-state index contributed by atoms with van der Waals surface area (Å²) in [6, 6.07) is -0.0239. The molecule has 0 spiro atoms. The second-order valence-electron chi connectivity index (χ2n) is 4.47. The van der Waals surface area contributed by atoms with Crippen LogP contribution in [0.5, 0.6) is 0 Å². The SMILES string of the molecule is CCCC(C)NC(=O)C(C)Nc1cnn(C)c1. The van der Waals surface area contributed by atoms with Gasteiger partial charge in [0.05, 0.1) is 11.9 Å². The summed E-state index contributed by atoms with van der Waals surface area (Å²) in [4.78, 5) is 11.8. The number of carbonyl (C=O) groups is 1. The summed E-state index contributed by atoms with van der Waals surface area (Å²) >= 11 is 0. The zero-order valence-corrected chi connectivity index (χ0v) is 11.0. The lowest BCUT2D eigenvalue weighted by atomic mass is 10.2. The molecule has 1 amide bonds. The number of aryl methyl sites for hydroxylation is 1. The molecule has 0 aliphatic rings. The number of nitrogens with zero attached hydrogens (tertiary/aromatic N) is 2. The molecule has 5 nitrogen and oxygen atoms in total. The van der Waals surface area contributed by atoms with Gasteiger partial charge in [-0.1, -0.05) is 13.3 Å². The Labute approximate surface area is 103 Å². The van der Waals surface area contributed by atoms with E-state index in [4.69, 9.17) is 0 Å². The molecule has 1 heterocycles. The smallest absolute Gasteiger partial charge is 0.242 e. The van der Waals surface area contributed by atoms with E-state index in [1.54, 1.807) is 10.9 Å². The lowest BCUT2D eigenvalue weighted by Gasteiger charge is -2.18. The first-order valence-corrected chi connectivity index (χ1v) is 6.08. The zero-order chi connectivity index (χ0) is 12.8. The number of aromatic nitrogens is 2. The first-order chi connectivity index (χ1) is 8.02. The van der Waals surface area contributed by atoms with Crippen LogP contribution in [0.3, 0.4) is 0 Å². The predicted molar refractivity (Wildman–Crippen MR) is 68.8 cm³/mol. The summed E-state index contributed by atoms with van der Waals surface area (Å²) in [5.41, 5.74) is 0.860. The first kappa shape index (κ1) is 13.5. The minimum absolute atomic E-state index is 0.0230. The molecule has 0 radical (unpaired) electrons. The van der Waals surface area contributed by atoms with Gasteiger partial charge in [0.2, 0.25) is 5.91 Å². The van der Waals surface area contributed by atoms with Gasteiger partial charge in [0, 0.05) is 19.3 Å². The van der Waals surface area contributed by atoms with E-state index in [9.17, 15) is 4.79 Å². The Bertz CT molecular complexity index is 361. The van der Waals surface area contributed by atoms with Crippen LogP contribution in [0, 0.1) is 0 Å². The van der Waals surface area contributed by atoms with E-state index in [0.29, 0.717) is 0 Å². The highest BCUT2D eigenvalue weighted by molar-refractivity contribution is 5.84. The predicted octanol–water partition coefficient (Wildman–Crippen LogP) is 1.53. The van der Waals surface area contributed by atoms with E-state index < -0.39 is 0 Å². The summed E-state index contributed by atoms with van der Waals surface area (Å²) in [5, 5.41) is 10.1. The van der Waals surface area contributed by atoms with Crippen LogP contribution < -0.4 is 10.6 Å². The first-order valence-electron chi connectivity index (χ1n) is 6.08. The molecule has 0 aliphatic heterocycles. The Kier molecular flexibility index (Phi) is 5.00. The molecule has 1 aromatic rings. The standard InChI is InChI=1S/C12H22N4O/c1-5-6-9(2)14-12(17)10(3)15-11-7-13-16(4)8-11/h7-10,15H,5-6H2,1-4H3,(H,14,17). The van der Waals surface area contributed by atoms with Gasteiger partial charge in [-0.2, -0.15) is 5.10 Å². The lowest BCUT2D eigenvalue weighted by Crippen LogP contribution is -2.42. The number of anilines is 1. The third kappa shape index (κ3) is 4.46. The van der Waals surface area contributed by atoms with Gasteiger partial charge in [-0.15, -0.1) is 0 Å². The van der Waals surface area contributed by atoms with E-state index in [1.165, 1.54) is 0 Å².